The van der Waals surface area contributed by atoms with Gasteiger partial charge >= 0.3 is 0 Å². The molecule has 0 heterocycles. The summed E-state index contributed by atoms with van der Waals surface area (Å²) in [5, 5.41) is 8.04. The summed E-state index contributed by atoms with van der Waals surface area (Å²) in [6.45, 7) is 2.21. The first-order valence-electron chi connectivity index (χ1n) is 6.60. The molecule has 0 atom stereocenters. The van der Waals surface area contributed by atoms with E-state index in [4.69, 9.17) is 11.6 Å². The first-order chi connectivity index (χ1) is 10.0. The van der Waals surface area contributed by atoms with E-state index in [1.165, 1.54) is 0 Å². The Labute approximate surface area is 128 Å². The van der Waals surface area contributed by atoms with Gasteiger partial charge in [-0.05, 0) is 30.7 Å². The number of halogens is 1. The first kappa shape index (κ1) is 17.0. The molecule has 1 aromatic rings. The van der Waals surface area contributed by atoms with E-state index in [-0.39, 0.29) is 24.9 Å². The van der Waals surface area contributed by atoms with Crippen LogP contribution in [0, 0.1) is 0 Å². The van der Waals surface area contributed by atoms with Crippen molar-refractivity contribution in [3.63, 3.8) is 0 Å². The van der Waals surface area contributed by atoms with E-state index in [1.807, 2.05) is 6.92 Å². The maximum absolute atomic E-state index is 11.7. The van der Waals surface area contributed by atoms with E-state index >= 15 is 0 Å². The summed E-state index contributed by atoms with van der Waals surface area (Å²) >= 11 is 5.72. The van der Waals surface area contributed by atoms with Gasteiger partial charge in [-0.3, -0.25) is 14.4 Å². The van der Waals surface area contributed by atoms with Gasteiger partial charge in [0.15, 0.2) is 0 Å². The fourth-order valence-corrected chi connectivity index (χ4v) is 1.56. The van der Waals surface area contributed by atoms with Gasteiger partial charge < -0.3 is 16.0 Å². The van der Waals surface area contributed by atoms with Gasteiger partial charge in [-0.2, -0.15) is 0 Å². The molecule has 3 amide bonds. The molecular weight excluding hydrogens is 294 g/mol. The molecule has 114 valence electrons. The Balaban J connectivity index is 2.28. The molecule has 21 heavy (non-hydrogen) atoms. The first-order valence-corrected chi connectivity index (χ1v) is 6.98. The molecule has 0 saturated carbocycles. The number of hydrogen-bond donors (Lipinski definition) is 3. The molecule has 1 rings (SSSR count). The molecule has 6 nitrogen and oxygen atoms in total. The number of benzene rings is 1. The minimum absolute atomic E-state index is 0.102. The average Bonchev–Trinajstić information content (AvgIpc) is 2.49. The normalized spacial score (nSPS) is 9.81. The highest BCUT2D eigenvalue weighted by molar-refractivity contribution is 6.30. The van der Waals surface area contributed by atoms with Crippen molar-refractivity contribution in [2.45, 2.75) is 13.3 Å². The standard InChI is InChI=1S/C14H18ClN3O3/c1-2-7-16-12(19)8-17-13(20)9-18-14(21)10-3-5-11(15)6-4-10/h3-6H,2,7-9H2,1H3,(H,16,19)(H,17,20)(H,18,21). The maximum atomic E-state index is 11.7. The molecule has 0 bridgehead atoms. The van der Waals surface area contributed by atoms with Crippen molar-refractivity contribution >= 4 is 29.3 Å². The molecule has 0 aromatic heterocycles. The van der Waals surface area contributed by atoms with E-state index in [1.54, 1.807) is 24.3 Å². The third kappa shape index (κ3) is 6.76. The fourth-order valence-electron chi connectivity index (χ4n) is 1.43. The fraction of sp³-hybridized carbons (Fsp3) is 0.357. The zero-order chi connectivity index (χ0) is 15.7. The van der Waals surface area contributed by atoms with Crippen LogP contribution in [0.1, 0.15) is 23.7 Å². The zero-order valence-corrected chi connectivity index (χ0v) is 12.5. The Bertz CT molecular complexity index is 503. The molecule has 0 saturated heterocycles. The highest BCUT2D eigenvalue weighted by Crippen LogP contribution is 2.09. The molecule has 0 aliphatic carbocycles. The second kappa shape index (κ2) is 8.97. The monoisotopic (exact) mass is 311 g/mol. The molecule has 0 unspecified atom stereocenters. The van der Waals surface area contributed by atoms with Gasteiger partial charge in [-0.1, -0.05) is 18.5 Å². The SMILES string of the molecule is CCCNC(=O)CNC(=O)CNC(=O)c1ccc(Cl)cc1. The Morgan fingerprint density at radius 1 is 0.952 bits per heavy atom. The topological polar surface area (TPSA) is 87.3 Å². The molecule has 0 spiro atoms. The Kier molecular flexibility index (Phi) is 7.25. The van der Waals surface area contributed by atoms with Gasteiger partial charge in [0.2, 0.25) is 11.8 Å². The lowest BCUT2D eigenvalue weighted by Gasteiger charge is -2.07. The minimum Gasteiger partial charge on any atom is -0.355 e. The van der Waals surface area contributed by atoms with Gasteiger partial charge in [0.1, 0.15) is 0 Å². The molecule has 0 radical (unpaired) electrons. The molecule has 7 heteroatoms. The van der Waals surface area contributed by atoms with Crippen LogP contribution in [-0.2, 0) is 9.59 Å². The van der Waals surface area contributed by atoms with Gasteiger partial charge in [0.05, 0.1) is 13.1 Å². The van der Waals surface area contributed by atoms with E-state index in [0.717, 1.165) is 6.42 Å². The summed E-state index contributed by atoms with van der Waals surface area (Å²) in [7, 11) is 0. The van der Waals surface area contributed by atoms with Gasteiger partial charge in [0, 0.05) is 17.1 Å². The van der Waals surface area contributed by atoms with Crippen LogP contribution in [-0.4, -0.2) is 37.4 Å². The van der Waals surface area contributed by atoms with Crippen molar-refractivity contribution in [1.82, 2.24) is 16.0 Å². The van der Waals surface area contributed by atoms with Gasteiger partial charge in [-0.15, -0.1) is 0 Å². The predicted molar refractivity (Wildman–Crippen MR) is 80.1 cm³/mol. The van der Waals surface area contributed by atoms with E-state index in [9.17, 15) is 14.4 Å². The van der Waals surface area contributed by atoms with E-state index in [2.05, 4.69) is 16.0 Å². The number of amides is 3. The predicted octanol–water partition coefficient (Wildman–Crippen LogP) is 0.712. The van der Waals surface area contributed by atoms with Crippen LogP contribution in [0.25, 0.3) is 0 Å². The van der Waals surface area contributed by atoms with Crippen LogP contribution in [0.2, 0.25) is 5.02 Å². The highest BCUT2D eigenvalue weighted by Gasteiger charge is 2.08. The van der Waals surface area contributed by atoms with Crippen LogP contribution in [0.5, 0.6) is 0 Å². The molecule has 0 aliphatic heterocycles. The highest BCUT2D eigenvalue weighted by atomic mass is 35.5. The van der Waals surface area contributed by atoms with Crippen molar-refractivity contribution < 1.29 is 14.4 Å². The molecule has 3 N–H and O–H groups in total. The lowest BCUT2D eigenvalue weighted by Crippen LogP contribution is -2.42. The Morgan fingerprint density at radius 2 is 1.52 bits per heavy atom. The molecule has 0 fully saturated rings. The summed E-state index contributed by atoms with van der Waals surface area (Å²) in [5.41, 5.74) is 0.410. The molecule has 1 aromatic carbocycles. The zero-order valence-electron chi connectivity index (χ0n) is 11.7. The van der Waals surface area contributed by atoms with Gasteiger partial charge in [-0.25, -0.2) is 0 Å². The van der Waals surface area contributed by atoms with Crippen molar-refractivity contribution in [1.29, 1.82) is 0 Å². The van der Waals surface area contributed by atoms with Crippen LogP contribution in [0.4, 0.5) is 0 Å². The summed E-state index contributed by atoms with van der Waals surface area (Å²) in [6.07, 6.45) is 0.830. The third-order valence-corrected chi connectivity index (χ3v) is 2.79. The quantitative estimate of drug-likeness (QED) is 0.693. The van der Waals surface area contributed by atoms with Crippen LogP contribution in [0.3, 0.4) is 0 Å². The van der Waals surface area contributed by atoms with Crippen LogP contribution in [0.15, 0.2) is 24.3 Å². The number of rotatable bonds is 7. The lowest BCUT2D eigenvalue weighted by atomic mass is 10.2. The van der Waals surface area contributed by atoms with E-state index < -0.39 is 5.91 Å². The lowest BCUT2D eigenvalue weighted by molar-refractivity contribution is -0.125. The third-order valence-electron chi connectivity index (χ3n) is 2.53. The van der Waals surface area contributed by atoms with Crippen molar-refractivity contribution in [3.8, 4) is 0 Å². The smallest absolute Gasteiger partial charge is 0.251 e. The number of hydrogen-bond acceptors (Lipinski definition) is 3. The largest absolute Gasteiger partial charge is 0.355 e. The summed E-state index contributed by atoms with van der Waals surface area (Å²) < 4.78 is 0. The molecule has 0 aliphatic rings. The number of carbonyl (C=O) groups excluding carboxylic acids is 3. The number of carbonyl (C=O) groups is 3. The number of nitrogens with one attached hydrogen (secondary N) is 3. The van der Waals surface area contributed by atoms with Gasteiger partial charge in [0.25, 0.3) is 5.91 Å². The average molecular weight is 312 g/mol. The maximum Gasteiger partial charge on any atom is 0.251 e. The van der Waals surface area contributed by atoms with E-state index in [0.29, 0.717) is 17.1 Å². The van der Waals surface area contributed by atoms with Crippen molar-refractivity contribution in [2.75, 3.05) is 19.6 Å². The second-order valence-corrected chi connectivity index (χ2v) is 4.75. The molecular formula is C14H18ClN3O3. The summed E-state index contributed by atoms with van der Waals surface area (Å²) in [6, 6.07) is 6.31. The Morgan fingerprint density at radius 3 is 2.14 bits per heavy atom. The second-order valence-electron chi connectivity index (χ2n) is 4.32. The summed E-state index contributed by atoms with van der Waals surface area (Å²) in [5.74, 6) is -1.06. The van der Waals surface area contributed by atoms with Crippen LogP contribution < -0.4 is 16.0 Å². The van der Waals surface area contributed by atoms with Crippen molar-refractivity contribution in [3.05, 3.63) is 34.9 Å². The minimum atomic E-state index is -0.427. The van der Waals surface area contributed by atoms with Crippen molar-refractivity contribution in [2.24, 2.45) is 0 Å². The Hall–Kier alpha value is -2.08. The van der Waals surface area contributed by atoms with Crippen LogP contribution >= 0.6 is 11.6 Å². The summed E-state index contributed by atoms with van der Waals surface area (Å²) in [4.78, 5) is 34.5.